The minimum atomic E-state index is -1.03. The van der Waals surface area contributed by atoms with E-state index in [0.717, 1.165) is 0 Å². The van der Waals surface area contributed by atoms with E-state index in [-0.39, 0.29) is 11.1 Å². The molecule has 1 aromatic carbocycles. The van der Waals surface area contributed by atoms with Crippen molar-refractivity contribution in [2.75, 3.05) is 0 Å². The van der Waals surface area contributed by atoms with Crippen LogP contribution in [0.2, 0.25) is 0 Å². The molecule has 0 bridgehead atoms. The second-order valence-electron chi connectivity index (χ2n) is 3.35. The van der Waals surface area contributed by atoms with Crippen LogP contribution in [0.5, 0.6) is 0 Å². The molecule has 0 fully saturated rings. The second kappa shape index (κ2) is 3.67. The van der Waals surface area contributed by atoms with Crippen molar-refractivity contribution in [3.05, 3.63) is 34.7 Å². The number of carboxylic acids is 1. The van der Waals surface area contributed by atoms with Gasteiger partial charge in [-0.1, -0.05) is 6.07 Å². The summed E-state index contributed by atoms with van der Waals surface area (Å²) < 4.78 is 5.46. The molecule has 3 rings (SSSR count). The fourth-order valence-corrected chi connectivity index (χ4v) is 2.07. The number of hydrogen-bond donors (Lipinski definition) is 1. The first-order valence-corrected chi connectivity index (χ1v) is 5.71. The fraction of sp³-hybridized carbons (Fsp3) is 0. The Balaban J connectivity index is 2.26. The van der Waals surface area contributed by atoms with E-state index in [1.807, 2.05) is 0 Å². The Hall–Kier alpha value is -2.21. The van der Waals surface area contributed by atoms with Crippen LogP contribution in [0.3, 0.4) is 0 Å². The zero-order chi connectivity index (χ0) is 11.8. The van der Waals surface area contributed by atoms with Gasteiger partial charge >= 0.3 is 5.97 Å². The summed E-state index contributed by atoms with van der Waals surface area (Å²) in [6.45, 7) is 0. The van der Waals surface area contributed by atoms with E-state index in [1.54, 1.807) is 23.0 Å². The Labute approximate surface area is 99.4 Å². The van der Waals surface area contributed by atoms with E-state index in [0.29, 0.717) is 17.1 Å². The first kappa shape index (κ1) is 9.98. The molecule has 1 N–H and O–H groups in total. The zero-order valence-electron chi connectivity index (χ0n) is 8.45. The molecule has 2 heterocycles. The molecule has 0 aliphatic heterocycles. The molecule has 3 aromatic rings. The van der Waals surface area contributed by atoms with Gasteiger partial charge in [0, 0.05) is 5.38 Å². The van der Waals surface area contributed by atoms with Gasteiger partial charge < -0.3 is 9.52 Å². The standard InChI is InChI=1S/C11H6N2O3S/c14-11(15)6-2-1-3-7-9(6)16-10(13-7)8-4-17-5-12-8/h1-5H,(H,14,15). The molecule has 0 aliphatic rings. The number of oxazole rings is 1. The molecule has 84 valence electrons. The van der Waals surface area contributed by atoms with Crippen LogP contribution in [0.4, 0.5) is 0 Å². The molecular weight excluding hydrogens is 240 g/mol. The number of benzene rings is 1. The molecular formula is C11H6N2O3S. The Morgan fingerprint density at radius 2 is 2.29 bits per heavy atom. The second-order valence-corrected chi connectivity index (χ2v) is 4.07. The molecule has 0 radical (unpaired) electrons. The van der Waals surface area contributed by atoms with Crippen LogP contribution in [0, 0.1) is 0 Å². The normalized spacial score (nSPS) is 10.8. The number of hydrogen-bond acceptors (Lipinski definition) is 5. The van der Waals surface area contributed by atoms with Gasteiger partial charge in [0.25, 0.3) is 0 Å². The third-order valence-electron chi connectivity index (χ3n) is 2.30. The summed E-state index contributed by atoms with van der Waals surface area (Å²) in [5.41, 5.74) is 3.19. The third-order valence-corrected chi connectivity index (χ3v) is 2.88. The first-order chi connectivity index (χ1) is 8.25. The van der Waals surface area contributed by atoms with Crippen molar-refractivity contribution in [2.24, 2.45) is 0 Å². The van der Waals surface area contributed by atoms with Crippen molar-refractivity contribution < 1.29 is 14.3 Å². The summed E-state index contributed by atoms with van der Waals surface area (Å²) in [4.78, 5) is 19.3. The molecule has 17 heavy (non-hydrogen) atoms. The summed E-state index contributed by atoms with van der Waals surface area (Å²) in [7, 11) is 0. The van der Waals surface area contributed by atoms with Crippen LogP contribution in [0.15, 0.2) is 33.5 Å². The van der Waals surface area contributed by atoms with Crippen LogP contribution in [-0.4, -0.2) is 21.0 Å². The molecule has 5 nitrogen and oxygen atoms in total. The minimum absolute atomic E-state index is 0.108. The van der Waals surface area contributed by atoms with Crippen molar-refractivity contribution in [2.45, 2.75) is 0 Å². The monoisotopic (exact) mass is 246 g/mol. The van der Waals surface area contributed by atoms with E-state index in [9.17, 15) is 4.79 Å². The Morgan fingerprint density at radius 1 is 1.41 bits per heavy atom. The van der Waals surface area contributed by atoms with Crippen molar-refractivity contribution >= 4 is 28.4 Å². The molecule has 0 unspecified atom stereocenters. The highest BCUT2D eigenvalue weighted by Crippen LogP contribution is 2.26. The Morgan fingerprint density at radius 3 is 3.00 bits per heavy atom. The zero-order valence-corrected chi connectivity index (χ0v) is 9.27. The van der Waals surface area contributed by atoms with Crippen LogP contribution >= 0.6 is 11.3 Å². The highest BCUT2D eigenvalue weighted by molar-refractivity contribution is 7.07. The van der Waals surface area contributed by atoms with Crippen molar-refractivity contribution in [1.82, 2.24) is 9.97 Å². The lowest BCUT2D eigenvalue weighted by atomic mass is 10.2. The molecule has 2 aromatic heterocycles. The van der Waals surface area contributed by atoms with Crippen molar-refractivity contribution in [1.29, 1.82) is 0 Å². The molecule has 0 saturated heterocycles. The van der Waals surface area contributed by atoms with Gasteiger partial charge in [-0.2, -0.15) is 0 Å². The number of nitrogens with zero attached hydrogens (tertiary/aromatic N) is 2. The average Bonchev–Trinajstić information content (AvgIpc) is 2.96. The van der Waals surface area contributed by atoms with Gasteiger partial charge in [-0.05, 0) is 12.1 Å². The van der Waals surface area contributed by atoms with Crippen molar-refractivity contribution in [3.8, 4) is 11.6 Å². The van der Waals surface area contributed by atoms with Crippen LogP contribution in [0.1, 0.15) is 10.4 Å². The Kier molecular flexibility index (Phi) is 2.15. The summed E-state index contributed by atoms with van der Waals surface area (Å²) in [5.74, 6) is -0.688. The van der Waals surface area contributed by atoms with Gasteiger partial charge in [0.2, 0.25) is 5.89 Å². The molecule has 0 atom stereocenters. The highest BCUT2D eigenvalue weighted by Gasteiger charge is 2.16. The molecule has 0 amide bonds. The van der Waals surface area contributed by atoms with Gasteiger partial charge in [0.05, 0.1) is 5.51 Å². The van der Waals surface area contributed by atoms with Gasteiger partial charge in [0.1, 0.15) is 16.8 Å². The maximum atomic E-state index is 11.0. The number of para-hydroxylation sites is 1. The minimum Gasteiger partial charge on any atom is -0.478 e. The lowest BCUT2D eigenvalue weighted by Crippen LogP contribution is -1.95. The lowest BCUT2D eigenvalue weighted by Gasteiger charge is -1.92. The van der Waals surface area contributed by atoms with Gasteiger partial charge in [-0.15, -0.1) is 11.3 Å². The maximum Gasteiger partial charge on any atom is 0.339 e. The Bertz CT molecular complexity index is 688. The maximum absolute atomic E-state index is 11.0. The lowest BCUT2D eigenvalue weighted by molar-refractivity contribution is 0.0698. The third kappa shape index (κ3) is 1.58. The van der Waals surface area contributed by atoms with Crippen LogP contribution in [-0.2, 0) is 0 Å². The van der Waals surface area contributed by atoms with Crippen LogP contribution in [0.25, 0.3) is 22.7 Å². The van der Waals surface area contributed by atoms with Gasteiger partial charge in [-0.25, -0.2) is 14.8 Å². The number of aromatic nitrogens is 2. The summed E-state index contributed by atoms with van der Waals surface area (Å²) in [5, 5.41) is 10.8. The predicted molar refractivity (Wildman–Crippen MR) is 62.1 cm³/mol. The van der Waals surface area contributed by atoms with Crippen LogP contribution < -0.4 is 0 Å². The SMILES string of the molecule is O=C(O)c1cccc2nc(-c3cscn3)oc12. The summed E-state index contributed by atoms with van der Waals surface area (Å²) in [6, 6.07) is 4.83. The van der Waals surface area contributed by atoms with E-state index in [2.05, 4.69) is 9.97 Å². The van der Waals surface area contributed by atoms with E-state index >= 15 is 0 Å². The molecule has 0 spiro atoms. The van der Waals surface area contributed by atoms with Crippen molar-refractivity contribution in [3.63, 3.8) is 0 Å². The summed E-state index contributed by atoms with van der Waals surface area (Å²) in [6.07, 6.45) is 0. The fourth-order valence-electron chi connectivity index (χ4n) is 1.55. The number of carbonyl (C=O) groups is 1. The number of aromatic carboxylic acids is 1. The van der Waals surface area contributed by atoms with E-state index in [4.69, 9.17) is 9.52 Å². The quantitative estimate of drug-likeness (QED) is 0.752. The summed E-state index contributed by atoms with van der Waals surface area (Å²) >= 11 is 1.43. The number of carboxylic acid groups (broad SMARTS) is 1. The molecule has 0 saturated carbocycles. The first-order valence-electron chi connectivity index (χ1n) is 4.77. The van der Waals surface area contributed by atoms with E-state index < -0.39 is 5.97 Å². The van der Waals surface area contributed by atoms with Gasteiger partial charge in [0.15, 0.2) is 5.58 Å². The predicted octanol–water partition coefficient (Wildman–Crippen LogP) is 2.65. The number of thiazole rings is 1. The number of rotatable bonds is 2. The molecule has 6 heteroatoms. The van der Waals surface area contributed by atoms with E-state index in [1.165, 1.54) is 17.4 Å². The highest BCUT2D eigenvalue weighted by atomic mass is 32.1. The average molecular weight is 246 g/mol. The smallest absolute Gasteiger partial charge is 0.339 e. The largest absolute Gasteiger partial charge is 0.478 e. The van der Waals surface area contributed by atoms with Gasteiger partial charge in [-0.3, -0.25) is 0 Å². The number of fused-ring (bicyclic) bond motifs is 1. The topological polar surface area (TPSA) is 76.2 Å². The molecule has 0 aliphatic carbocycles.